The van der Waals surface area contributed by atoms with Gasteiger partial charge in [0.05, 0.1) is 4.92 Å². The van der Waals surface area contributed by atoms with Crippen LogP contribution in [0.15, 0.2) is 0 Å². The molecule has 0 saturated heterocycles. The van der Waals surface area contributed by atoms with Crippen LogP contribution < -0.4 is 0 Å². The number of benzene rings is 1. The van der Waals surface area contributed by atoms with E-state index in [-0.39, 0.29) is 22.3 Å². The van der Waals surface area contributed by atoms with E-state index in [0.29, 0.717) is 41.5 Å². The Morgan fingerprint density at radius 1 is 1.24 bits per heavy atom. The summed E-state index contributed by atoms with van der Waals surface area (Å²) in [5, 5.41) is 11.3. The minimum absolute atomic E-state index is 0.116. The molecule has 2 aliphatic rings. The molecule has 1 atom stereocenters. The lowest BCUT2D eigenvalue weighted by atomic mass is 9.94. The van der Waals surface area contributed by atoms with Crippen molar-refractivity contribution >= 4 is 5.69 Å². The Morgan fingerprint density at radius 3 is 2.65 bits per heavy atom. The van der Waals surface area contributed by atoms with Gasteiger partial charge in [0.15, 0.2) is 0 Å². The molecular formula is C13H14FNO2. The third-order valence-electron chi connectivity index (χ3n) is 4.12. The SMILES string of the molecule is CC1CCc2c(F)c3c(c([N+](=O)[O-])c21)CCC3. The first-order valence-corrected chi connectivity index (χ1v) is 6.11. The molecule has 0 fully saturated rings. The van der Waals surface area contributed by atoms with E-state index in [0.717, 1.165) is 12.8 Å². The number of nitro groups is 1. The average Bonchev–Trinajstić information content (AvgIpc) is 2.87. The smallest absolute Gasteiger partial charge is 0.258 e. The maximum absolute atomic E-state index is 14.3. The number of rotatable bonds is 1. The lowest BCUT2D eigenvalue weighted by molar-refractivity contribution is -0.386. The summed E-state index contributed by atoms with van der Waals surface area (Å²) in [4.78, 5) is 11.0. The largest absolute Gasteiger partial charge is 0.276 e. The van der Waals surface area contributed by atoms with Crippen LogP contribution in [-0.4, -0.2) is 4.92 Å². The van der Waals surface area contributed by atoms with Gasteiger partial charge in [0.25, 0.3) is 5.69 Å². The van der Waals surface area contributed by atoms with Crippen LogP contribution in [-0.2, 0) is 19.3 Å². The topological polar surface area (TPSA) is 43.1 Å². The van der Waals surface area contributed by atoms with Crippen LogP contribution in [0.2, 0.25) is 0 Å². The Kier molecular flexibility index (Phi) is 2.21. The molecular weight excluding hydrogens is 221 g/mol. The van der Waals surface area contributed by atoms with Gasteiger partial charge in [-0.3, -0.25) is 10.1 Å². The fourth-order valence-corrected chi connectivity index (χ4v) is 3.34. The van der Waals surface area contributed by atoms with Gasteiger partial charge in [-0.15, -0.1) is 0 Å². The van der Waals surface area contributed by atoms with Crippen LogP contribution in [0.4, 0.5) is 10.1 Å². The number of hydrogen-bond donors (Lipinski definition) is 0. The molecule has 0 saturated carbocycles. The summed E-state index contributed by atoms with van der Waals surface area (Å²) in [5.41, 5.74) is 2.79. The molecule has 3 nitrogen and oxygen atoms in total. The number of nitro benzene ring substituents is 1. The third kappa shape index (κ3) is 1.33. The maximum Gasteiger partial charge on any atom is 0.276 e. The fourth-order valence-electron chi connectivity index (χ4n) is 3.34. The maximum atomic E-state index is 14.3. The van der Waals surface area contributed by atoms with Crippen molar-refractivity contribution in [3.63, 3.8) is 0 Å². The van der Waals surface area contributed by atoms with E-state index >= 15 is 0 Å². The summed E-state index contributed by atoms with van der Waals surface area (Å²) in [7, 11) is 0. The first kappa shape index (κ1) is 10.7. The van der Waals surface area contributed by atoms with Gasteiger partial charge in [-0.05, 0) is 49.1 Å². The molecule has 0 amide bonds. The van der Waals surface area contributed by atoms with Gasteiger partial charge < -0.3 is 0 Å². The highest BCUT2D eigenvalue weighted by Crippen LogP contribution is 2.46. The second kappa shape index (κ2) is 3.52. The summed E-state index contributed by atoms with van der Waals surface area (Å²) < 4.78 is 14.3. The third-order valence-corrected chi connectivity index (χ3v) is 4.12. The zero-order valence-corrected chi connectivity index (χ0v) is 9.75. The van der Waals surface area contributed by atoms with E-state index < -0.39 is 0 Å². The van der Waals surface area contributed by atoms with Crippen molar-refractivity contribution in [3.8, 4) is 0 Å². The highest BCUT2D eigenvalue weighted by molar-refractivity contribution is 5.61. The van der Waals surface area contributed by atoms with E-state index in [4.69, 9.17) is 0 Å². The van der Waals surface area contributed by atoms with Crippen LogP contribution in [0.25, 0.3) is 0 Å². The first-order chi connectivity index (χ1) is 8.11. The molecule has 0 aliphatic heterocycles. The van der Waals surface area contributed by atoms with E-state index in [2.05, 4.69) is 0 Å². The van der Waals surface area contributed by atoms with Crippen molar-refractivity contribution < 1.29 is 9.31 Å². The molecule has 90 valence electrons. The van der Waals surface area contributed by atoms with Crippen molar-refractivity contribution in [2.45, 2.75) is 44.9 Å². The zero-order chi connectivity index (χ0) is 12.2. The summed E-state index contributed by atoms with van der Waals surface area (Å²) >= 11 is 0. The van der Waals surface area contributed by atoms with Gasteiger partial charge in [0, 0.05) is 11.1 Å². The highest BCUT2D eigenvalue weighted by atomic mass is 19.1. The van der Waals surface area contributed by atoms with Gasteiger partial charge >= 0.3 is 0 Å². The van der Waals surface area contributed by atoms with Crippen molar-refractivity contribution in [1.82, 2.24) is 0 Å². The van der Waals surface area contributed by atoms with E-state index in [1.54, 1.807) is 0 Å². The van der Waals surface area contributed by atoms with Crippen molar-refractivity contribution in [3.05, 3.63) is 38.2 Å². The number of hydrogen-bond acceptors (Lipinski definition) is 2. The van der Waals surface area contributed by atoms with Crippen molar-refractivity contribution in [1.29, 1.82) is 0 Å². The molecule has 0 spiro atoms. The van der Waals surface area contributed by atoms with E-state index in [1.807, 2.05) is 6.92 Å². The molecule has 0 aromatic heterocycles. The summed E-state index contributed by atoms with van der Waals surface area (Å²) in [5.74, 6) is -0.0340. The van der Waals surface area contributed by atoms with Crippen LogP contribution >= 0.6 is 0 Å². The molecule has 1 aromatic carbocycles. The Hall–Kier alpha value is -1.45. The molecule has 0 N–H and O–H groups in total. The lowest BCUT2D eigenvalue weighted by Gasteiger charge is -2.11. The molecule has 0 heterocycles. The monoisotopic (exact) mass is 235 g/mol. The van der Waals surface area contributed by atoms with Gasteiger partial charge in [0.2, 0.25) is 0 Å². The Labute approximate surface area is 98.8 Å². The van der Waals surface area contributed by atoms with Gasteiger partial charge in [-0.25, -0.2) is 4.39 Å². The predicted octanol–water partition coefficient (Wildman–Crippen LogP) is 3.27. The lowest BCUT2D eigenvalue weighted by Crippen LogP contribution is -2.05. The number of halogens is 1. The minimum Gasteiger partial charge on any atom is -0.258 e. The molecule has 1 unspecified atom stereocenters. The standard InChI is InChI=1S/C13H14FNO2/c1-7-5-6-10-11(7)13(15(16)17)9-4-2-3-8(9)12(10)14/h7H,2-6H2,1H3. The van der Waals surface area contributed by atoms with Gasteiger partial charge in [-0.2, -0.15) is 0 Å². The normalized spacial score (nSPS) is 21.4. The Bertz CT molecular complexity index is 525. The molecule has 17 heavy (non-hydrogen) atoms. The number of nitrogens with zero attached hydrogens (tertiary/aromatic N) is 1. The van der Waals surface area contributed by atoms with Crippen LogP contribution in [0.3, 0.4) is 0 Å². The van der Waals surface area contributed by atoms with E-state index in [9.17, 15) is 14.5 Å². The van der Waals surface area contributed by atoms with Gasteiger partial charge in [0.1, 0.15) is 5.82 Å². The fraction of sp³-hybridized carbons (Fsp3) is 0.538. The van der Waals surface area contributed by atoms with Crippen LogP contribution in [0.5, 0.6) is 0 Å². The predicted molar refractivity (Wildman–Crippen MR) is 61.8 cm³/mol. The van der Waals surface area contributed by atoms with Crippen molar-refractivity contribution in [2.24, 2.45) is 0 Å². The average molecular weight is 235 g/mol. The van der Waals surface area contributed by atoms with Crippen LogP contribution in [0.1, 0.15) is 47.9 Å². The molecule has 3 rings (SSSR count). The molecule has 0 bridgehead atoms. The second-order valence-electron chi connectivity index (χ2n) is 5.06. The quantitative estimate of drug-likeness (QED) is 0.553. The van der Waals surface area contributed by atoms with E-state index in [1.165, 1.54) is 0 Å². The Morgan fingerprint density at radius 2 is 1.94 bits per heavy atom. The van der Waals surface area contributed by atoms with Gasteiger partial charge in [-0.1, -0.05) is 6.92 Å². The molecule has 0 radical (unpaired) electrons. The summed E-state index contributed by atoms with van der Waals surface area (Å²) in [6, 6.07) is 0. The molecule has 1 aromatic rings. The highest BCUT2D eigenvalue weighted by Gasteiger charge is 2.37. The first-order valence-electron chi connectivity index (χ1n) is 6.11. The summed E-state index contributed by atoms with van der Waals surface area (Å²) in [6.45, 7) is 1.96. The Balaban J connectivity index is 2.37. The molecule has 2 aliphatic carbocycles. The molecule has 4 heteroatoms. The summed E-state index contributed by atoms with van der Waals surface area (Å²) in [6.07, 6.45) is 3.63. The van der Waals surface area contributed by atoms with Crippen LogP contribution in [0, 0.1) is 15.9 Å². The minimum atomic E-state index is -0.301. The van der Waals surface area contributed by atoms with Crippen molar-refractivity contribution in [2.75, 3.05) is 0 Å². The number of fused-ring (bicyclic) bond motifs is 2. The second-order valence-corrected chi connectivity index (χ2v) is 5.06. The zero-order valence-electron chi connectivity index (χ0n) is 9.75.